The van der Waals surface area contributed by atoms with Crippen LogP contribution in [0.1, 0.15) is 19.8 Å². The van der Waals surface area contributed by atoms with Gasteiger partial charge in [-0.05, 0) is 37.6 Å². The molecular weight excluding hydrogens is 262 g/mol. The smallest absolute Gasteiger partial charge is 0.325 e. The van der Waals surface area contributed by atoms with Crippen LogP contribution in [0.4, 0.5) is 0 Å². The van der Waals surface area contributed by atoms with Gasteiger partial charge in [-0.2, -0.15) is 0 Å². The molecule has 110 valence electrons. The van der Waals surface area contributed by atoms with Crippen molar-refractivity contribution >= 4 is 11.9 Å². The third-order valence-corrected chi connectivity index (χ3v) is 2.62. The number of carboxylic acids is 1. The number of ether oxygens (including phenoxy) is 2. The summed E-state index contributed by atoms with van der Waals surface area (Å²) in [6.07, 6.45) is 0.748. The number of methoxy groups -OCH3 is 1. The fourth-order valence-corrected chi connectivity index (χ4v) is 1.47. The van der Waals surface area contributed by atoms with Gasteiger partial charge >= 0.3 is 5.97 Å². The second-order valence-corrected chi connectivity index (χ2v) is 4.25. The number of benzene rings is 1. The van der Waals surface area contributed by atoms with Crippen LogP contribution >= 0.6 is 0 Å². The van der Waals surface area contributed by atoms with Crippen LogP contribution < -0.4 is 14.8 Å². The quantitative estimate of drug-likeness (QED) is 0.704. The van der Waals surface area contributed by atoms with Crippen LogP contribution in [-0.2, 0) is 9.59 Å². The van der Waals surface area contributed by atoms with E-state index in [9.17, 15) is 9.59 Å². The van der Waals surface area contributed by atoms with Crippen molar-refractivity contribution < 1.29 is 24.2 Å². The van der Waals surface area contributed by atoms with Crippen molar-refractivity contribution in [2.75, 3.05) is 13.7 Å². The van der Waals surface area contributed by atoms with Gasteiger partial charge in [0.1, 0.15) is 17.5 Å². The molecule has 1 aromatic carbocycles. The van der Waals surface area contributed by atoms with Crippen molar-refractivity contribution in [3.05, 3.63) is 24.3 Å². The Kier molecular flexibility index (Phi) is 6.36. The van der Waals surface area contributed by atoms with E-state index in [0.29, 0.717) is 18.8 Å². The molecule has 0 aromatic heterocycles. The number of carbonyl (C=O) groups excluding carboxylic acids is 1. The Bertz CT molecular complexity index is 443. The predicted octanol–water partition coefficient (Wildman–Crippen LogP) is 1.44. The Labute approximate surface area is 117 Å². The first-order valence-corrected chi connectivity index (χ1v) is 6.32. The number of aliphatic carboxylic acids is 1. The molecule has 0 radical (unpaired) electrons. The van der Waals surface area contributed by atoms with Crippen molar-refractivity contribution in [3.8, 4) is 11.5 Å². The summed E-state index contributed by atoms with van der Waals surface area (Å²) < 4.78 is 10.5. The summed E-state index contributed by atoms with van der Waals surface area (Å²) in [5, 5.41) is 11.0. The van der Waals surface area contributed by atoms with Gasteiger partial charge in [0.25, 0.3) is 0 Å². The minimum atomic E-state index is -1.05. The highest BCUT2D eigenvalue weighted by Crippen LogP contribution is 2.17. The fraction of sp³-hybridized carbons (Fsp3) is 0.429. The molecule has 20 heavy (non-hydrogen) atoms. The molecule has 0 aliphatic carbocycles. The van der Waals surface area contributed by atoms with Gasteiger partial charge < -0.3 is 19.9 Å². The Morgan fingerprint density at radius 1 is 1.25 bits per heavy atom. The molecule has 6 heteroatoms. The SMILES string of the molecule is COc1ccc(OCCCC(=O)NC(C)C(=O)O)cc1. The average Bonchev–Trinajstić information content (AvgIpc) is 2.44. The number of carbonyl (C=O) groups is 2. The van der Waals surface area contributed by atoms with Gasteiger partial charge in [-0.1, -0.05) is 0 Å². The molecule has 6 nitrogen and oxygen atoms in total. The summed E-state index contributed by atoms with van der Waals surface area (Å²) in [7, 11) is 1.59. The molecule has 1 amide bonds. The molecule has 1 atom stereocenters. The fourth-order valence-electron chi connectivity index (χ4n) is 1.47. The molecule has 0 saturated heterocycles. The van der Waals surface area contributed by atoms with Crippen molar-refractivity contribution in [2.24, 2.45) is 0 Å². The standard InChI is InChI=1S/C14H19NO5/c1-10(14(17)18)15-13(16)4-3-9-20-12-7-5-11(19-2)6-8-12/h5-8,10H,3-4,9H2,1-2H3,(H,15,16)(H,17,18). The van der Waals surface area contributed by atoms with E-state index in [0.717, 1.165) is 5.75 Å². The molecular formula is C14H19NO5. The van der Waals surface area contributed by atoms with E-state index in [1.165, 1.54) is 6.92 Å². The van der Waals surface area contributed by atoms with Crippen LogP contribution in [0.3, 0.4) is 0 Å². The number of rotatable bonds is 8. The van der Waals surface area contributed by atoms with Crippen LogP contribution in [0.5, 0.6) is 11.5 Å². The first-order chi connectivity index (χ1) is 9.52. The molecule has 1 rings (SSSR count). The summed E-state index contributed by atoms with van der Waals surface area (Å²) >= 11 is 0. The molecule has 0 aliphatic heterocycles. The maximum absolute atomic E-state index is 11.4. The molecule has 2 N–H and O–H groups in total. The number of hydrogen-bond acceptors (Lipinski definition) is 4. The van der Waals surface area contributed by atoms with Gasteiger partial charge in [0, 0.05) is 6.42 Å². The van der Waals surface area contributed by atoms with Crippen molar-refractivity contribution in [1.82, 2.24) is 5.32 Å². The lowest BCUT2D eigenvalue weighted by atomic mass is 10.2. The second kappa shape index (κ2) is 8.04. The van der Waals surface area contributed by atoms with Gasteiger partial charge in [-0.15, -0.1) is 0 Å². The Morgan fingerprint density at radius 3 is 2.40 bits per heavy atom. The van der Waals surface area contributed by atoms with Crippen molar-refractivity contribution in [2.45, 2.75) is 25.8 Å². The van der Waals surface area contributed by atoms with E-state index in [4.69, 9.17) is 14.6 Å². The third kappa shape index (κ3) is 5.60. The highest BCUT2D eigenvalue weighted by atomic mass is 16.5. The zero-order valence-electron chi connectivity index (χ0n) is 11.6. The molecule has 0 spiro atoms. The van der Waals surface area contributed by atoms with Gasteiger partial charge in [-0.3, -0.25) is 9.59 Å². The van der Waals surface area contributed by atoms with Crippen LogP contribution in [0, 0.1) is 0 Å². The number of amides is 1. The van der Waals surface area contributed by atoms with Gasteiger partial charge in [0.05, 0.1) is 13.7 Å². The molecule has 0 fully saturated rings. The van der Waals surface area contributed by atoms with E-state index >= 15 is 0 Å². The monoisotopic (exact) mass is 281 g/mol. The Hall–Kier alpha value is -2.24. The summed E-state index contributed by atoms with van der Waals surface area (Å²) in [6, 6.07) is 6.27. The lowest BCUT2D eigenvalue weighted by Gasteiger charge is -2.10. The molecule has 0 bridgehead atoms. The molecule has 0 saturated carbocycles. The first-order valence-electron chi connectivity index (χ1n) is 6.32. The second-order valence-electron chi connectivity index (χ2n) is 4.25. The Balaban J connectivity index is 2.20. The van der Waals surface area contributed by atoms with E-state index in [-0.39, 0.29) is 12.3 Å². The van der Waals surface area contributed by atoms with Crippen LogP contribution in [0.2, 0.25) is 0 Å². The first kappa shape index (κ1) is 15.8. The van der Waals surface area contributed by atoms with Crippen molar-refractivity contribution in [3.63, 3.8) is 0 Å². The highest BCUT2D eigenvalue weighted by Gasteiger charge is 2.13. The molecule has 0 aliphatic rings. The highest BCUT2D eigenvalue weighted by molar-refractivity contribution is 5.83. The molecule has 0 heterocycles. The van der Waals surface area contributed by atoms with E-state index in [2.05, 4.69) is 5.32 Å². The maximum atomic E-state index is 11.4. The summed E-state index contributed by atoms with van der Waals surface area (Å²) in [5.74, 6) is 0.107. The zero-order chi connectivity index (χ0) is 15.0. The summed E-state index contributed by atoms with van der Waals surface area (Å²) in [5.41, 5.74) is 0. The third-order valence-electron chi connectivity index (χ3n) is 2.62. The number of carboxylic acid groups (broad SMARTS) is 1. The van der Waals surface area contributed by atoms with Gasteiger partial charge in [-0.25, -0.2) is 0 Å². The van der Waals surface area contributed by atoms with E-state index in [1.54, 1.807) is 31.4 Å². The minimum absolute atomic E-state index is 0.230. The van der Waals surface area contributed by atoms with Gasteiger partial charge in [0.2, 0.25) is 5.91 Å². The average molecular weight is 281 g/mol. The topological polar surface area (TPSA) is 84.9 Å². The Morgan fingerprint density at radius 2 is 1.85 bits per heavy atom. The van der Waals surface area contributed by atoms with E-state index < -0.39 is 12.0 Å². The molecule has 1 unspecified atom stereocenters. The maximum Gasteiger partial charge on any atom is 0.325 e. The lowest BCUT2D eigenvalue weighted by molar-refractivity contribution is -0.141. The minimum Gasteiger partial charge on any atom is -0.497 e. The normalized spacial score (nSPS) is 11.5. The lowest BCUT2D eigenvalue weighted by Crippen LogP contribution is -2.38. The van der Waals surface area contributed by atoms with E-state index in [1.807, 2.05) is 0 Å². The van der Waals surface area contributed by atoms with Crippen molar-refractivity contribution in [1.29, 1.82) is 0 Å². The largest absolute Gasteiger partial charge is 0.497 e. The summed E-state index contributed by atoms with van der Waals surface area (Å²) in [6.45, 7) is 1.81. The molecule has 1 aromatic rings. The van der Waals surface area contributed by atoms with Crippen LogP contribution in [-0.4, -0.2) is 36.7 Å². The van der Waals surface area contributed by atoms with Gasteiger partial charge in [0.15, 0.2) is 0 Å². The number of hydrogen-bond donors (Lipinski definition) is 2. The van der Waals surface area contributed by atoms with Crippen LogP contribution in [0.25, 0.3) is 0 Å². The zero-order valence-corrected chi connectivity index (χ0v) is 11.6. The predicted molar refractivity (Wildman–Crippen MR) is 73.0 cm³/mol. The van der Waals surface area contributed by atoms with Crippen LogP contribution in [0.15, 0.2) is 24.3 Å². The summed E-state index contributed by atoms with van der Waals surface area (Å²) in [4.78, 5) is 22.0. The number of nitrogens with one attached hydrogen (secondary N) is 1.